The van der Waals surface area contributed by atoms with Gasteiger partial charge in [-0.1, -0.05) is 77.2 Å². The van der Waals surface area contributed by atoms with E-state index >= 15 is 0 Å². The Morgan fingerprint density at radius 2 is 1.10 bits per heavy atom. The summed E-state index contributed by atoms with van der Waals surface area (Å²) in [5.41, 5.74) is 0. The summed E-state index contributed by atoms with van der Waals surface area (Å²) in [6.45, 7) is 7.84. The number of ether oxygens (including phenoxy) is 1. The summed E-state index contributed by atoms with van der Waals surface area (Å²) in [4.78, 5) is 0. The van der Waals surface area contributed by atoms with Crippen molar-refractivity contribution in [3.63, 3.8) is 0 Å². The molecule has 0 amide bonds. The van der Waals surface area contributed by atoms with Gasteiger partial charge in [0.25, 0.3) is 0 Å². The molecular formula is C19H38O. The van der Waals surface area contributed by atoms with Crippen LogP contribution in [0.5, 0.6) is 0 Å². The first-order valence-corrected chi connectivity index (χ1v) is 9.10. The maximum absolute atomic E-state index is 5.48. The molecule has 0 aromatic carbocycles. The van der Waals surface area contributed by atoms with E-state index in [9.17, 15) is 0 Å². The summed E-state index contributed by atoms with van der Waals surface area (Å²) < 4.78 is 5.48. The van der Waals surface area contributed by atoms with Crippen molar-refractivity contribution in [3.05, 3.63) is 12.7 Å². The Hall–Kier alpha value is -0.300. The van der Waals surface area contributed by atoms with E-state index in [0.29, 0.717) is 0 Å². The van der Waals surface area contributed by atoms with Gasteiger partial charge in [-0.15, -0.1) is 6.58 Å². The van der Waals surface area contributed by atoms with Crippen molar-refractivity contribution in [2.24, 2.45) is 0 Å². The highest BCUT2D eigenvalue weighted by Crippen LogP contribution is 2.12. The van der Waals surface area contributed by atoms with E-state index in [2.05, 4.69) is 13.5 Å². The molecule has 0 radical (unpaired) electrons. The van der Waals surface area contributed by atoms with Crippen molar-refractivity contribution in [3.8, 4) is 0 Å². The molecule has 20 heavy (non-hydrogen) atoms. The molecule has 0 unspecified atom stereocenters. The van der Waals surface area contributed by atoms with Crippen molar-refractivity contribution in [1.82, 2.24) is 0 Å². The van der Waals surface area contributed by atoms with Gasteiger partial charge in [0.15, 0.2) is 0 Å². The third-order valence-electron chi connectivity index (χ3n) is 3.80. The number of rotatable bonds is 17. The second-order valence-electron chi connectivity index (χ2n) is 5.93. The van der Waals surface area contributed by atoms with Crippen molar-refractivity contribution < 1.29 is 4.74 Å². The molecule has 0 atom stereocenters. The van der Waals surface area contributed by atoms with E-state index in [0.717, 1.165) is 19.6 Å². The molecule has 0 bridgehead atoms. The molecule has 0 aromatic heterocycles. The van der Waals surface area contributed by atoms with Crippen molar-refractivity contribution >= 4 is 0 Å². The summed E-state index contributed by atoms with van der Waals surface area (Å²) >= 11 is 0. The second kappa shape index (κ2) is 18.7. The molecule has 0 saturated carbocycles. The second-order valence-corrected chi connectivity index (χ2v) is 5.93. The molecule has 0 fully saturated rings. The number of hydrogen-bond acceptors (Lipinski definition) is 1. The van der Waals surface area contributed by atoms with Gasteiger partial charge < -0.3 is 4.74 Å². The Balaban J connectivity index is 2.90. The number of hydrogen-bond donors (Lipinski definition) is 0. The molecule has 1 nitrogen and oxygen atoms in total. The quantitative estimate of drug-likeness (QED) is 0.214. The first-order chi connectivity index (χ1) is 9.91. The summed E-state index contributed by atoms with van der Waals surface area (Å²) in [6, 6.07) is 0. The molecular weight excluding hydrogens is 244 g/mol. The minimum Gasteiger partial charge on any atom is -0.381 e. The lowest BCUT2D eigenvalue weighted by Crippen LogP contribution is -1.95. The van der Waals surface area contributed by atoms with E-state index in [1.54, 1.807) is 0 Å². The van der Waals surface area contributed by atoms with Gasteiger partial charge in [-0.3, -0.25) is 0 Å². The van der Waals surface area contributed by atoms with E-state index in [1.165, 1.54) is 83.5 Å². The van der Waals surface area contributed by atoms with Crippen LogP contribution in [-0.2, 0) is 4.74 Å². The zero-order valence-electron chi connectivity index (χ0n) is 14.0. The smallest absolute Gasteiger partial charge is 0.0466 e. The average molecular weight is 283 g/mol. The molecule has 0 aliphatic heterocycles. The molecule has 0 heterocycles. The van der Waals surface area contributed by atoms with Crippen LogP contribution < -0.4 is 0 Å². The highest BCUT2D eigenvalue weighted by atomic mass is 16.5. The van der Waals surface area contributed by atoms with Gasteiger partial charge in [-0.25, -0.2) is 0 Å². The molecule has 0 saturated heterocycles. The van der Waals surface area contributed by atoms with Crippen LogP contribution >= 0.6 is 0 Å². The van der Waals surface area contributed by atoms with Crippen LogP contribution in [0.2, 0.25) is 0 Å². The average Bonchev–Trinajstić information content (AvgIpc) is 2.47. The maximum Gasteiger partial charge on any atom is 0.0466 e. The monoisotopic (exact) mass is 282 g/mol. The molecule has 0 rings (SSSR count). The Kier molecular flexibility index (Phi) is 18.4. The van der Waals surface area contributed by atoms with Crippen molar-refractivity contribution in [1.29, 1.82) is 0 Å². The van der Waals surface area contributed by atoms with Crippen molar-refractivity contribution in [2.75, 3.05) is 13.2 Å². The van der Waals surface area contributed by atoms with Gasteiger partial charge in [0.1, 0.15) is 0 Å². The van der Waals surface area contributed by atoms with Crippen LogP contribution in [0.3, 0.4) is 0 Å². The predicted octanol–water partition coefficient (Wildman–Crippen LogP) is 6.67. The molecule has 120 valence electrons. The molecule has 0 aliphatic rings. The minimum atomic E-state index is 0.938. The van der Waals surface area contributed by atoms with E-state index in [1.807, 2.05) is 6.08 Å². The predicted molar refractivity (Wildman–Crippen MR) is 91.3 cm³/mol. The molecule has 0 aromatic rings. The highest BCUT2D eigenvalue weighted by Gasteiger charge is 1.94. The normalized spacial score (nSPS) is 10.8. The zero-order valence-corrected chi connectivity index (χ0v) is 14.0. The Morgan fingerprint density at radius 3 is 1.55 bits per heavy atom. The van der Waals surface area contributed by atoms with Gasteiger partial charge in [0.2, 0.25) is 0 Å². The summed E-state index contributed by atoms with van der Waals surface area (Å²) in [7, 11) is 0. The lowest BCUT2D eigenvalue weighted by molar-refractivity contribution is 0.130. The molecule has 1 heteroatoms. The van der Waals surface area contributed by atoms with Crippen molar-refractivity contribution in [2.45, 2.75) is 96.8 Å². The topological polar surface area (TPSA) is 9.23 Å². The van der Waals surface area contributed by atoms with Crippen LogP contribution in [-0.4, -0.2) is 13.2 Å². The van der Waals surface area contributed by atoms with Gasteiger partial charge in [0, 0.05) is 13.2 Å². The summed E-state index contributed by atoms with van der Waals surface area (Å²) in [6.07, 6.45) is 21.2. The van der Waals surface area contributed by atoms with Gasteiger partial charge in [-0.05, 0) is 25.7 Å². The van der Waals surface area contributed by atoms with Crippen LogP contribution in [0.15, 0.2) is 12.7 Å². The summed E-state index contributed by atoms with van der Waals surface area (Å²) in [5, 5.41) is 0. The first kappa shape index (κ1) is 19.7. The Labute approximate surface area is 128 Å². The fourth-order valence-electron chi connectivity index (χ4n) is 2.51. The molecule has 0 aliphatic carbocycles. The Morgan fingerprint density at radius 1 is 0.650 bits per heavy atom. The fraction of sp³-hybridized carbons (Fsp3) is 0.895. The van der Waals surface area contributed by atoms with Crippen LogP contribution in [0, 0.1) is 0 Å². The largest absolute Gasteiger partial charge is 0.381 e. The van der Waals surface area contributed by atoms with Crippen LogP contribution in [0.4, 0.5) is 0 Å². The summed E-state index contributed by atoms with van der Waals surface area (Å²) in [5.74, 6) is 0. The molecule has 0 N–H and O–H groups in total. The van der Waals surface area contributed by atoms with E-state index in [-0.39, 0.29) is 0 Å². The third kappa shape index (κ3) is 17.7. The first-order valence-electron chi connectivity index (χ1n) is 9.10. The minimum absolute atomic E-state index is 0.938. The fourth-order valence-corrected chi connectivity index (χ4v) is 2.51. The van der Waals surface area contributed by atoms with E-state index in [4.69, 9.17) is 4.74 Å². The third-order valence-corrected chi connectivity index (χ3v) is 3.80. The maximum atomic E-state index is 5.48. The standard InChI is InChI=1S/C19H38O/c1-3-5-6-7-8-9-10-11-12-13-14-15-16-17-19-20-18-4-2/h3H,1,4-19H2,2H3. The SMILES string of the molecule is C=CCCCCCCCCCCCCCCOCCC. The lowest BCUT2D eigenvalue weighted by Gasteiger charge is -2.03. The van der Waals surface area contributed by atoms with Crippen LogP contribution in [0.1, 0.15) is 96.8 Å². The van der Waals surface area contributed by atoms with Gasteiger partial charge in [0.05, 0.1) is 0 Å². The highest BCUT2D eigenvalue weighted by molar-refractivity contribution is 4.65. The van der Waals surface area contributed by atoms with Gasteiger partial charge in [-0.2, -0.15) is 0 Å². The van der Waals surface area contributed by atoms with Crippen LogP contribution in [0.25, 0.3) is 0 Å². The van der Waals surface area contributed by atoms with Gasteiger partial charge >= 0.3 is 0 Å². The number of allylic oxidation sites excluding steroid dienone is 1. The Bertz CT molecular complexity index is 177. The molecule has 0 spiro atoms. The lowest BCUT2D eigenvalue weighted by atomic mass is 10.0. The van der Waals surface area contributed by atoms with E-state index < -0.39 is 0 Å². The zero-order chi connectivity index (χ0) is 14.7. The number of unbranched alkanes of at least 4 members (excludes halogenated alkanes) is 12.